The Balaban J connectivity index is 1.78. The zero-order valence-corrected chi connectivity index (χ0v) is 11.8. The minimum Gasteiger partial charge on any atom is -0.339 e. The Kier molecular flexibility index (Phi) is 2.56. The van der Waals surface area contributed by atoms with Gasteiger partial charge in [-0.2, -0.15) is 4.98 Å². The van der Waals surface area contributed by atoms with Crippen molar-refractivity contribution < 1.29 is 4.52 Å². The second-order valence-corrected chi connectivity index (χ2v) is 6.91. The maximum absolute atomic E-state index is 5.52. The monoisotopic (exact) mass is 249 g/mol. The number of nitrogens with zero attached hydrogens (tertiary/aromatic N) is 2. The van der Waals surface area contributed by atoms with Gasteiger partial charge in [0.15, 0.2) is 5.82 Å². The molecule has 100 valence electrons. The van der Waals surface area contributed by atoms with Crippen LogP contribution in [0.4, 0.5) is 0 Å². The molecule has 0 amide bonds. The molecule has 4 nitrogen and oxygen atoms in total. The van der Waals surface area contributed by atoms with Gasteiger partial charge in [-0.05, 0) is 30.2 Å². The van der Waals surface area contributed by atoms with Crippen LogP contribution in [0.25, 0.3) is 0 Å². The molecule has 3 rings (SSSR count). The third-order valence-corrected chi connectivity index (χ3v) is 5.39. The SMILES string of the molecule is CC1(C)C(c2nc(C3CCCNC3)no2)C1(C)C. The maximum Gasteiger partial charge on any atom is 0.230 e. The summed E-state index contributed by atoms with van der Waals surface area (Å²) in [7, 11) is 0. The van der Waals surface area contributed by atoms with E-state index in [9.17, 15) is 0 Å². The first kappa shape index (κ1) is 12.2. The van der Waals surface area contributed by atoms with E-state index in [2.05, 4.69) is 43.2 Å². The summed E-state index contributed by atoms with van der Waals surface area (Å²) < 4.78 is 5.52. The van der Waals surface area contributed by atoms with Crippen LogP contribution in [-0.4, -0.2) is 23.2 Å². The molecule has 2 aliphatic rings. The second kappa shape index (κ2) is 3.80. The first-order chi connectivity index (χ1) is 8.44. The van der Waals surface area contributed by atoms with Gasteiger partial charge in [0, 0.05) is 18.4 Å². The van der Waals surface area contributed by atoms with Crippen molar-refractivity contribution in [2.75, 3.05) is 13.1 Å². The van der Waals surface area contributed by atoms with E-state index in [0.29, 0.717) is 11.8 Å². The third-order valence-electron chi connectivity index (χ3n) is 5.39. The number of nitrogens with one attached hydrogen (secondary N) is 1. The predicted molar refractivity (Wildman–Crippen MR) is 69.4 cm³/mol. The Labute approximate surface area is 109 Å². The van der Waals surface area contributed by atoms with E-state index < -0.39 is 0 Å². The Hall–Kier alpha value is -0.900. The largest absolute Gasteiger partial charge is 0.339 e. The van der Waals surface area contributed by atoms with E-state index in [1.54, 1.807) is 0 Å². The lowest BCUT2D eigenvalue weighted by Gasteiger charge is -2.19. The molecule has 1 saturated heterocycles. The highest BCUT2D eigenvalue weighted by Gasteiger charge is 2.68. The second-order valence-electron chi connectivity index (χ2n) is 6.91. The molecule has 0 spiro atoms. The molecular weight excluding hydrogens is 226 g/mol. The average molecular weight is 249 g/mol. The first-order valence-electron chi connectivity index (χ1n) is 6.99. The van der Waals surface area contributed by atoms with Gasteiger partial charge in [0.05, 0.1) is 0 Å². The highest BCUT2D eigenvalue weighted by atomic mass is 16.5. The summed E-state index contributed by atoms with van der Waals surface area (Å²) in [5.41, 5.74) is 0.531. The number of piperidine rings is 1. The summed E-state index contributed by atoms with van der Waals surface area (Å²) in [5, 5.41) is 7.60. The van der Waals surface area contributed by atoms with Crippen LogP contribution in [-0.2, 0) is 0 Å². The van der Waals surface area contributed by atoms with Crippen LogP contribution < -0.4 is 5.32 Å². The van der Waals surface area contributed by atoms with Crippen LogP contribution in [0.2, 0.25) is 0 Å². The summed E-state index contributed by atoms with van der Waals surface area (Å²) in [5.74, 6) is 2.57. The van der Waals surface area contributed by atoms with Gasteiger partial charge in [-0.15, -0.1) is 0 Å². The first-order valence-corrected chi connectivity index (χ1v) is 6.99. The lowest BCUT2D eigenvalue weighted by Crippen LogP contribution is -2.28. The third kappa shape index (κ3) is 1.62. The lowest BCUT2D eigenvalue weighted by molar-refractivity contribution is 0.351. The fraction of sp³-hybridized carbons (Fsp3) is 0.857. The van der Waals surface area contributed by atoms with Gasteiger partial charge in [0.25, 0.3) is 0 Å². The summed E-state index contributed by atoms with van der Waals surface area (Å²) in [6.45, 7) is 11.2. The molecule has 4 heteroatoms. The molecule has 2 heterocycles. The van der Waals surface area contributed by atoms with E-state index in [1.807, 2.05) is 0 Å². The fourth-order valence-electron chi connectivity index (χ4n) is 3.42. The summed E-state index contributed by atoms with van der Waals surface area (Å²) in [6.07, 6.45) is 2.37. The Morgan fingerprint density at radius 2 is 1.94 bits per heavy atom. The minimum atomic E-state index is 0.265. The van der Waals surface area contributed by atoms with Crippen molar-refractivity contribution in [1.29, 1.82) is 0 Å². The topological polar surface area (TPSA) is 51.0 Å². The smallest absolute Gasteiger partial charge is 0.230 e. The zero-order chi connectivity index (χ0) is 13.0. The molecule has 1 saturated carbocycles. The molecule has 0 radical (unpaired) electrons. The zero-order valence-electron chi connectivity index (χ0n) is 11.8. The van der Waals surface area contributed by atoms with Crippen LogP contribution in [0, 0.1) is 10.8 Å². The normalized spacial score (nSPS) is 30.3. The van der Waals surface area contributed by atoms with Crippen molar-refractivity contribution in [2.45, 2.75) is 52.4 Å². The quantitative estimate of drug-likeness (QED) is 0.875. The van der Waals surface area contributed by atoms with Gasteiger partial charge in [-0.1, -0.05) is 32.9 Å². The van der Waals surface area contributed by atoms with E-state index in [0.717, 1.165) is 24.8 Å². The van der Waals surface area contributed by atoms with Crippen LogP contribution >= 0.6 is 0 Å². The molecular formula is C14H23N3O. The van der Waals surface area contributed by atoms with E-state index in [-0.39, 0.29) is 10.8 Å². The average Bonchev–Trinajstić information content (AvgIpc) is 2.72. The maximum atomic E-state index is 5.52. The molecule has 1 aromatic heterocycles. The van der Waals surface area contributed by atoms with Gasteiger partial charge in [-0.25, -0.2) is 0 Å². The molecule has 0 bridgehead atoms. The number of aromatic nitrogens is 2. The van der Waals surface area contributed by atoms with Crippen LogP contribution in [0.1, 0.15) is 64.1 Å². The molecule has 1 unspecified atom stereocenters. The predicted octanol–water partition coefficient (Wildman–Crippen LogP) is 2.69. The molecule has 1 atom stereocenters. The lowest BCUT2D eigenvalue weighted by atomic mass is 9.99. The number of rotatable bonds is 2. The van der Waals surface area contributed by atoms with Crippen LogP contribution in [0.3, 0.4) is 0 Å². The van der Waals surface area contributed by atoms with Crippen molar-refractivity contribution in [1.82, 2.24) is 15.5 Å². The van der Waals surface area contributed by atoms with Gasteiger partial charge in [0.2, 0.25) is 5.89 Å². The standard InChI is InChI=1S/C14H23N3O/c1-13(2)10(14(13,3)4)12-16-11(17-18-12)9-6-5-7-15-8-9/h9-10,15H,5-8H2,1-4H3. The molecule has 2 fully saturated rings. The highest BCUT2D eigenvalue weighted by molar-refractivity contribution is 5.25. The van der Waals surface area contributed by atoms with Crippen molar-refractivity contribution >= 4 is 0 Å². The molecule has 1 aliphatic carbocycles. The minimum absolute atomic E-state index is 0.265. The Morgan fingerprint density at radius 3 is 2.50 bits per heavy atom. The summed E-state index contributed by atoms with van der Waals surface area (Å²) in [4.78, 5) is 4.67. The molecule has 1 aliphatic heterocycles. The molecule has 1 N–H and O–H groups in total. The van der Waals surface area contributed by atoms with E-state index >= 15 is 0 Å². The Morgan fingerprint density at radius 1 is 1.22 bits per heavy atom. The van der Waals surface area contributed by atoms with Crippen molar-refractivity contribution in [2.24, 2.45) is 10.8 Å². The van der Waals surface area contributed by atoms with Gasteiger partial charge in [0.1, 0.15) is 0 Å². The summed E-state index contributed by atoms with van der Waals surface area (Å²) in [6, 6.07) is 0. The molecule has 0 aromatic carbocycles. The highest BCUT2D eigenvalue weighted by Crippen LogP contribution is 2.73. The van der Waals surface area contributed by atoms with E-state index in [4.69, 9.17) is 4.52 Å². The molecule has 18 heavy (non-hydrogen) atoms. The van der Waals surface area contributed by atoms with E-state index in [1.165, 1.54) is 12.8 Å². The van der Waals surface area contributed by atoms with Crippen molar-refractivity contribution in [3.05, 3.63) is 11.7 Å². The van der Waals surface area contributed by atoms with Gasteiger partial charge >= 0.3 is 0 Å². The molecule has 1 aromatic rings. The number of hydrogen-bond donors (Lipinski definition) is 1. The summed E-state index contributed by atoms with van der Waals surface area (Å²) >= 11 is 0. The Bertz CT molecular complexity index is 430. The van der Waals surface area contributed by atoms with Crippen molar-refractivity contribution in [3.8, 4) is 0 Å². The van der Waals surface area contributed by atoms with Gasteiger partial charge in [-0.3, -0.25) is 0 Å². The van der Waals surface area contributed by atoms with Gasteiger partial charge < -0.3 is 9.84 Å². The number of hydrogen-bond acceptors (Lipinski definition) is 4. The van der Waals surface area contributed by atoms with Crippen molar-refractivity contribution in [3.63, 3.8) is 0 Å². The fourth-order valence-corrected chi connectivity index (χ4v) is 3.42. The van der Waals surface area contributed by atoms with Crippen LogP contribution in [0.15, 0.2) is 4.52 Å². The van der Waals surface area contributed by atoms with Crippen LogP contribution in [0.5, 0.6) is 0 Å².